The standard InChI is InChI=1S/C22H28N4O2S/c1-2-28-19(27)15-26-21(20(24-22(26)29)17-11-6-7-13-23-17)18-12-8-14-25(18)16-9-4-3-5-10-16/h6-8,11-14,16,20-21H,2-5,9-10,15H2,1H3,(H,24,29)/t20-,21+/m0/s1. The molecule has 29 heavy (non-hydrogen) atoms. The summed E-state index contributed by atoms with van der Waals surface area (Å²) in [6.07, 6.45) is 10.2. The van der Waals surface area contributed by atoms with Gasteiger partial charge in [0.2, 0.25) is 0 Å². The van der Waals surface area contributed by atoms with Gasteiger partial charge >= 0.3 is 5.97 Å². The number of aromatic nitrogens is 2. The number of hydrogen-bond acceptors (Lipinski definition) is 4. The van der Waals surface area contributed by atoms with Crippen LogP contribution in [0.5, 0.6) is 0 Å². The second-order valence-electron chi connectivity index (χ2n) is 7.69. The number of nitrogens with one attached hydrogen (secondary N) is 1. The van der Waals surface area contributed by atoms with Gasteiger partial charge < -0.3 is 19.5 Å². The second-order valence-corrected chi connectivity index (χ2v) is 8.08. The van der Waals surface area contributed by atoms with Gasteiger partial charge in [-0.3, -0.25) is 9.78 Å². The number of ether oxygens (including phenoxy) is 1. The molecule has 4 rings (SSSR count). The van der Waals surface area contributed by atoms with Gasteiger partial charge in [-0.05, 0) is 56.2 Å². The number of rotatable bonds is 6. The van der Waals surface area contributed by atoms with E-state index in [1.54, 1.807) is 6.20 Å². The van der Waals surface area contributed by atoms with Crippen LogP contribution in [0.3, 0.4) is 0 Å². The first kappa shape index (κ1) is 19.9. The van der Waals surface area contributed by atoms with E-state index in [0.717, 1.165) is 5.69 Å². The molecule has 2 fully saturated rings. The summed E-state index contributed by atoms with van der Waals surface area (Å²) < 4.78 is 7.61. The van der Waals surface area contributed by atoms with E-state index >= 15 is 0 Å². The molecule has 0 unspecified atom stereocenters. The van der Waals surface area contributed by atoms with Crippen LogP contribution in [-0.4, -0.2) is 38.7 Å². The molecule has 0 spiro atoms. The minimum atomic E-state index is -0.265. The Bertz CT molecular complexity index is 848. The SMILES string of the molecule is CCOC(=O)CN1C(=S)N[C@@H](c2ccccn2)[C@H]1c1cccn1C1CCCCC1. The molecule has 0 bridgehead atoms. The maximum atomic E-state index is 12.3. The Hall–Kier alpha value is -2.41. The Balaban J connectivity index is 1.71. The number of pyridine rings is 1. The maximum Gasteiger partial charge on any atom is 0.325 e. The number of carbonyl (C=O) groups is 1. The fraction of sp³-hybridized carbons (Fsp3) is 0.500. The van der Waals surface area contributed by atoms with Gasteiger partial charge in [-0.1, -0.05) is 25.3 Å². The van der Waals surface area contributed by atoms with Crippen LogP contribution < -0.4 is 5.32 Å². The summed E-state index contributed by atoms with van der Waals surface area (Å²) >= 11 is 5.64. The number of nitrogens with zero attached hydrogens (tertiary/aromatic N) is 3. The van der Waals surface area contributed by atoms with Gasteiger partial charge in [0.05, 0.1) is 24.4 Å². The molecule has 1 aliphatic heterocycles. The summed E-state index contributed by atoms with van der Waals surface area (Å²) in [5.74, 6) is -0.265. The third kappa shape index (κ3) is 4.15. The average Bonchev–Trinajstić information content (AvgIpc) is 3.34. The van der Waals surface area contributed by atoms with Crippen molar-refractivity contribution in [3.63, 3.8) is 0 Å². The molecule has 1 saturated carbocycles. The lowest BCUT2D eigenvalue weighted by Crippen LogP contribution is -2.36. The molecule has 2 atom stereocenters. The predicted molar refractivity (Wildman–Crippen MR) is 115 cm³/mol. The third-order valence-corrected chi connectivity index (χ3v) is 6.24. The van der Waals surface area contributed by atoms with Gasteiger partial charge in [0.15, 0.2) is 5.11 Å². The Morgan fingerprint density at radius 2 is 2.07 bits per heavy atom. The zero-order valence-corrected chi connectivity index (χ0v) is 17.6. The lowest BCUT2D eigenvalue weighted by molar-refractivity contribution is -0.143. The summed E-state index contributed by atoms with van der Waals surface area (Å²) in [5, 5.41) is 3.97. The Morgan fingerprint density at radius 3 is 2.79 bits per heavy atom. The topological polar surface area (TPSA) is 59.4 Å². The van der Waals surface area contributed by atoms with Crippen LogP contribution in [0.25, 0.3) is 0 Å². The van der Waals surface area contributed by atoms with E-state index in [0.29, 0.717) is 17.8 Å². The summed E-state index contributed by atoms with van der Waals surface area (Å²) in [4.78, 5) is 18.8. The van der Waals surface area contributed by atoms with Gasteiger partial charge in [0.25, 0.3) is 0 Å². The molecular weight excluding hydrogens is 384 g/mol. The molecule has 0 amide bonds. The molecule has 154 valence electrons. The molecule has 3 heterocycles. The first-order chi connectivity index (χ1) is 14.2. The summed E-state index contributed by atoms with van der Waals surface area (Å²) in [5.41, 5.74) is 2.09. The Labute approximate surface area is 177 Å². The molecule has 0 radical (unpaired) electrons. The number of thiocarbonyl (C=S) groups is 1. The maximum absolute atomic E-state index is 12.3. The fourth-order valence-electron chi connectivity index (χ4n) is 4.59. The second kappa shape index (κ2) is 8.95. The number of carbonyl (C=O) groups excluding carboxylic acids is 1. The van der Waals surface area contributed by atoms with E-state index in [-0.39, 0.29) is 24.6 Å². The van der Waals surface area contributed by atoms with Crippen LogP contribution in [0.1, 0.15) is 68.5 Å². The Kier molecular flexibility index (Phi) is 6.13. The quantitative estimate of drug-likeness (QED) is 0.573. The summed E-state index contributed by atoms with van der Waals surface area (Å²) in [6, 6.07) is 10.4. The van der Waals surface area contributed by atoms with Crippen LogP contribution >= 0.6 is 12.2 Å². The molecule has 1 N–H and O–H groups in total. The summed E-state index contributed by atoms with van der Waals surface area (Å²) in [6.45, 7) is 2.31. The predicted octanol–water partition coefficient (Wildman–Crippen LogP) is 3.92. The van der Waals surface area contributed by atoms with Crippen LogP contribution in [0, 0.1) is 0 Å². The first-order valence-electron chi connectivity index (χ1n) is 10.5. The molecule has 0 aromatic carbocycles. The largest absolute Gasteiger partial charge is 0.465 e. The fourth-order valence-corrected chi connectivity index (χ4v) is 4.90. The van der Waals surface area contributed by atoms with Gasteiger partial charge in [-0.25, -0.2) is 0 Å². The monoisotopic (exact) mass is 412 g/mol. The molecule has 1 aliphatic carbocycles. The molecule has 1 saturated heterocycles. The van der Waals surface area contributed by atoms with Gasteiger partial charge in [0, 0.05) is 24.1 Å². The van der Waals surface area contributed by atoms with Crippen molar-refractivity contribution in [1.82, 2.24) is 19.8 Å². The van der Waals surface area contributed by atoms with Crippen molar-refractivity contribution >= 4 is 23.3 Å². The van der Waals surface area contributed by atoms with Crippen LogP contribution in [0.15, 0.2) is 42.7 Å². The highest BCUT2D eigenvalue weighted by molar-refractivity contribution is 7.80. The third-order valence-electron chi connectivity index (χ3n) is 5.89. The normalized spacial score (nSPS) is 22.5. The lowest BCUT2D eigenvalue weighted by atomic mass is 9.94. The highest BCUT2D eigenvalue weighted by Gasteiger charge is 2.42. The van der Waals surface area contributed by atoms with Gasteiger partial charge in [-0.15, -0.1) is 0 Å². The van der Waals surface area contributed by atoms with Crippen molar-refractivity contribution in [1.29, 1.82) is 0 Å². The van der Waals surface area contributed by atoms with Gasteiger partial charge in [0.1, 0.15) is 6.54 Å². The van der Waals surface area contributed by atoms with Crippen molar-refractivity contribution in [2.24, 2.45) is 0 Å². The van der Waals surface area contributed by atoms with E-state index < -0.39 is 0 Å². The molecule has 7 heteroatoms. The minimum absolute atomic E-state index is 0.112. The van der Waals surface area contributed by atoms with E-state index in [1.807, 2.05) is 30.0 Å². The van der Waals surface area contributed by atoms with Crippen LogP contribution in [0.4, 0.5) is 0 Å². The molecule has 2 aliphatic rings. The van der Waals surface area contributed by atoms with Crippen molar-refractivity contribution < 1.29 is 9.53 Å². The number of hydrogen-bond donors (Lipinski definition) is 1. The zero-order chi connectivity index (χ0) is 20.2. The Morgan fingerprint density at radius 1 is 1.24 bits per heavy atom. The van der Waals surface area contributed by atoms with Crippen molar-refractivity contribution in [2.75, 3.05) is 13.2 Å². The number of esters is 1. The van der Waals surface area contributed by atoms with E-state index in [1.165, 1.54) is 37.8 Å². The zero-order valence-electron chi connectivity index (χ0n) is 16.8. The molecule has 6 nitrogen and oxygen atoms in total. The van der Waals surface area contributed by atoms with Crippen LogP contribution in [0.2, 0.25) is 0 Å². The molecule has 2 aromatic heterocycles. The lowest BCUT2D eigenvalue weighted by Gasteiger charge is -2.32. The smallest absolute Gasteiger partial charge is 0.325 e. The molecular formula is C22H28N4O2S. The van der Waals surface area contributed by atoms with E-state index in [9.17, 15) is 4.79 Å². The summed E-state index contributed by atoms with van der Waals surface area (Å²) in [7, 11) is 0. The minimum Gasteiger partial charge on any atom is -0.465 e. The van der Waals surface area contributed by atoms with E-state index in [4.69, 9.17) is 17.0 Å². The van der Waals surface area contributed by atoms with Gasteiger partial charge in [-0.2, -0.15) is 0 Å². The highest BCUT2D eigenvalue weighted by atomic mass is 32.1. The average molecular weight is 413 g/mol. The molecule has 2 aromatic rings. The van der Waals surface area contributed by atoms with Crippen molar-refractivity contribution in [3.05, 3.63) is 54.1 Å². The highest BCUT2D eigenvalue weighted by Crippen LogP contribution is 2.41. The van der Waals surface area contributed by atoms with E-state index in [2.05, 4.69) is 33.2 Å². The van der Waals surface area contributed by atoms with Crippen molar-refractivity contribution in [2.45, 2.75) is 57.2 Å². The van der Waals surface area contributed by atoms with Crippen LogP contribution in [-0.2, 0) is 9.53 Å². The first-order valence-corrected chi connectivity index (χ1v) is 10.9. The van der Waals surface area contributed by atoms with Crippen molar-refractivity contribution in [3.8, 4) is 0 Å².